The molecule has 1 aliphatic heterocycles. The van der Waals surface area contributed by atoms with Crippen LogP contribution in [0.5, 0.6) is 0 Å². The van der Waals surface area contributed by atoms with Crippen LogP contribution in [0.3, 0.4) is 0 Å². The molecule has 2 rings (SSSR count). The Morgan fingerprint density at radius 2 is 2.20 bits per heavy atom. The van der Waals surface area contributed by atoms with Crippen molar-refractivity contribution in [1.82, 2.24) is 16.0 Å². The van der Waals surface area contributed by atoms with Gasteiger partial charge >= 0.3 is 0 Å². The lowest BCUT2D eigenvalue weighted by molar-refractivity contribution is -0.121. The number of hydrogen-bond acceptors (Lipinski definition) is 4. The number of nitrogens with one attached hydrogen (secondary N) is 3. The molecule has 7 heteroatoms. The first kappa shape index (κ1) is 21.8. The van der Waals surface area contributed by atoms with E-state index in [0.29, 0.717) is 18.5 Å². The van der Waals surface area contributed by atoms with Crippen molar-refractivity contribution in [2.24, 2.45) is 0 Å². The number of halogens is 1. The zero-order chi connectivity index (χ0) is 17.4. The molecule has 2 unspecified atom stereocenters. The third kappa shape index (κ3) is 7.67. The maximum Gasteiger partial charge on any atom is 0.251 e. The van der Waals surface area contributed by atoms with Gasteiger partial charge in [0.25, 0.3) is 5.91 Å². The third-order valence-corrected chi connectivity index (χ3v) is 5.23. The SMILES string of the molecule is CCC(C)NC(=O)c1cccc(CNC(=O)CC2CSCCN2)c1.Cl. The van der Waals surface area contributed by atoms with Gasteiger partial charge in [-0.1, -0.05) is 19.1 Å². The van der Waals surface area contributed by atoms with Crippen molar-refractivity contribution in [2.45, 2.75) is 45.3 Å². The summed E-state index contributed by atoms with van der Waals surface area (Å²) in [5.41, 5.74) is 1.57. The summed E-state index contributed by atoms with van der Waals surface area (Å²) in [6, 6.07) is 7.83. The van der Waals surface area contributed by atoms with Gasteiger partial charge in [0.1, 0.15) is 0 Å². The van der Waals surface area contributed by atoms with Crippen LogP contribution < -0.4 is 16.0 Å². The maximum absolute atomic E-state index is 12.2. The van der Waals surface area contributed by atoms with Crippen LogP contribution in [0, 0.1) is 0 Å². The Kier molecular flexibility index (Phi) is 9.93. The topological polar surface area (TPSA) is 70.2 Å². The average Bonchev–Trinajstić information content (AvgIpc) is 2.61. The molecule has 0 saturated carbocycles. The summed E-state index contributed by atoms with van der Waals surface area (Å²) in [4.78, 5) is 24.2. The molecule has 0 aromatic heterocycles. The van der Waals surface area contributed by atoms with E-state index in [4.69, 9.17) is 0 Å². The molecule has 0 aliphatic carbocycles. The van der Waals surface area contributed by atoms with Crippen molar-refractivity contribution in [3.63, 3.8) is 0 Å². The summed E-state index contributed by atoms with van der Waals surface area (Å²) in [7, 11) is 0. The molecule has 0 spiro atoms. The fourth-order valence-corrected chi connectivity index (χ4v) is 3.43. The first-order valence-electron chi connectivity index (χ1n) is 8.56. The molecule has 1 aromatic carbocycles. The highest BCUT2D eigenvalue weighted by molar-refractivity contribution is 7.99. The fraction of sp³-hybridized carbons (Fsp3) is 0.556. The highest BCUT2D eigenvalue weighted by atomic mass is 35.5. The molecular formula is C18H28ClN3O2S. The Labute approximate surface area is 160 Å². The van der Waals surface area contributed by atoms with Gasteiger partial charge < -0.3 is 16.0 Å². The van der Waals surface area contributed by atoms with E-state index in [2.05, 4.69) is 16.0 Å². The monoisotopic (exact) mass is 385 g/mol. The Hall–Kier alpha value is -1.24. The number of amides is 2. The molecule has 1 saturated heterocycles. The number of carbonyl (C=O) groups is 2. The normalized spacial score (nSPS) is 17.9. The van der Waals surface area contributed by atoms with Gasteiger partial charge in [-0.3, -0.25) is 9.59 Å². The predicted octanol–water partition coefficient (Wildman–Crippen LogP) is 2.35. The first-order chi connectivity index (χ1) is 11.6. The molecule has 1 aliphatic rings. The van der Waals surface area contributed by atoms with E-state index >= 15 is 0 Å². The Morgan fingerprint density at radius 1 is 1.40 bits per heavy atom. The van der Waals surface area contributed by atoms with Gasteiger partial charge in [-0.05, 0) is 31.0 Å². The predicted molar refractivity (Wildman–Crippen MR) is 106 cm³/mol. The number of rotatable bonds is 7. The van der Waals surface area contributed by atoms with E-state index in [9.17, 15) is 9.59 Å². The van der Waals surface area contributed by atoms with Crippen LogP contribution in [0.4, 0.5) is 0 Å². The van der Waals surface area contributed by atoms with Crippen LogP contribution in [0.2, 0.25) is 0 Å². The summed E-state index contributed by atoms with van der Waals surface area (Å²) in [5.74, 6) is 2.08. The van der Waals surface area contributed by atoms with E-state index in [1.807, 2.05) is 43.8 Å². The molecular weight excluding hydrogens is 358 g/mol. The summed E-state index contributed by atoms with van der Waals surface area (Å²) >= 11 is 1.88. The lowest BCUT2D eigenvalue weighted by Gasteiger charge is -2.22. The molecule has 1 aromatic rings. The third-order valence-electron chi connectivity index (χ3n) is 4.10. The highest BCUT2D eigenvalue weighted by Crippen LogP contribution is 2.10. The van der Waals surface area contributed by atoms with Crippen LogP contribution in [0.1, 0.15) is 42.6 Å². The second-order valence-corrected chi connectivity index (χ2v) is 7.34. The Morgan fingerprint density at radius 3 is 2.88 bits per heavy atom. The van der Waals surface area contributed by atoms with Crippen molar-refractivity contribution < 1.29 is 9.59 Å². The van der Waals surface area contributed by atoms with Crippen molar-refractivity contribution in [3.8, 4) is 0 Å². The molecule has 140 valence electrons. The quantitative estimate of drug-likeness (QED) is 0.673. The Bertz CT molecular complexity index is 565. The minimum Gasteiger partial charge on any atom is -0.352 e. The zero-order valence-electron chi connectivity index (χ0n) is 14.8. The summed E-state index contributed by atoms with van der Waals surface area (Å²) in [6.07, 6.45) is 1.40. The molecule has 2 atom stereocenters. The molecule has 25 heavy (non-hydrogen) atoms. The first-order valence-corrected chi connectivity index (χ1v) is 9.71. The van der Waals surface area contributed by atoms with E-state index in [1.54, 1.807) is 6.07 Å². The molecule has 1 fully saturated rings. The standard InChI is InChI=1S/C18H27N3O2S.ClH/c1-3-13(2)21-18(23)15-6-4-5-14(9-15)11-20-17(22)10-16-12-24-8-7-19-16;/h4-6,9,13,16,19H,3,7-8,10-12H2,1-2H3,(H,20,22)(H,21,23);1H. The van der Waals surface area contributed by atoms with Crippen LogP contribution in [-0.2, 0) is 11.3 Å². The molecule has 2 amide bonds. The minimum absolute atomic E-state index is 0. The van der Waals surface area contributed by atoms with E-state index < -0.39 is 0 Å². The van der Waals surface area contributed by atoms with Crippen LogP contribution in [0.15, 0.2) is 24.3 Å². The molecule has 5 nitrogen and oxygen atoms in total. The van der Waals surface area contributed by atoms with Gasteiger partial charge in [0.15, 0.2) is 0 Å². The van der Waals surface area contributed by atoms with Gasteiger partial charge in [-0.2, -0.15) is 11.8 Å². The molecule has 1 heterocycles. The largest absolute Gasteiger partial charge is 0.352 e. The van der Waals surface area contributed by atoms with Crippen molar-refractivity contribution in [3.05, 3.63) is 35.4 Å². The lowest BCUT2D eigenvalue weighted by atomic mass is 10.1. The summed E-state index contributed by atoms with van der Waals surface area (Å²) < 4.78 is 0. The minimum atomic E-state index is -0.0686. The van der Waals surface area contributed by atoms with E-state index in [-0.39, 0.29) is 36.3 Å². The second-order valence-electron chi connectivity index (χ2n) is 6.19. The van der Waals surface area contributed by atoms with E-state index in [1.165, 1.54) is 0 Å². The lowest BCUT2D eigenvalue weighted by Crippen LogP contribution is -2.41. The molecule has 0 radical (unpaired) electrons. The summed E-state index contributed by atoms with van der Waals surface area (Å²) in [5, 5.41) is 9.26. The van der Waals surface area contributed by atoms with Crippen molar-refractivity contribution in [1.29, 1.82) is 0 Å². The molecule has 0 bridgehead atoms. The highest BCUT2D eigenvalue weighted by Gasteiger charge is 2.16. The van der Waals surface area contributed by atoms with E-state index in [0.717, 1.165) is 30.0 Å². The van der Waals surface area contributed by atoms with Crippen LogP contribution >= 0.6 is 24.2 Å². The van der Waals surface area contributed by atoms with Crippen molar-refractivity contribution in [2.75, 3.05) is 18.1 Å². The van der Waals surface area contributed by atoms with Gasteiger partial charge in [-0.25, -0.2) is 0 Å². The van der Waals surface area contributed by atoms with Gasteiger partial charge in [0, 0.05) is 48.7 Å². The number of benzene rings is 1. The number of hydrogen-bond donors (Lipinski definition) is 3. The van der Waals surface area contributed by atoms with Gasteiger partial charge in [0.05, 0.1) is 0 Å². The average molecular weight is 386 g/mol. The Balaban J connectivity index is 0.00000312. The maximum atomic E-state index is 12.2. The molecule has 3 N–H and O–H groups in total. The fourth-order valence-electron chi connectivity index (χ4n) is 2.48. The summed E-state index contributed by atoms with van der Waals surface area (Å²) in [6.45, 7) is 5.44. The van der Waals surface area contributed by atoms with Gasteiger partial charge in [-0.15, -0.1) is 12.4 Å². The zero-order valence-corrected chi connectivity index (χ0v) is 16.5. The van der Waals surface area contributed by atoms with Crippen molar-refractivity contribution >= 4 is 36.0 Å². The number of thioether (sulfide) groups is 1. The van der Waals surface area contributed by atoms with Gasteiger partial charge in [0.2, 0.25) is 5.91 Å². The smallest absolute Gasteiger partial charge is 0.251 e. The second kappa shape index (κ2) is 11.4. The van der Waals surface area contributed by atoms with Crippen LogP contribution in [-0.4, -0.2) is 41.9 Å². The number of carbonyl (C=O) groups excluding carboxylic acids is 2. The van der Waals surface area contributed by atoms with Crippen LogP contribution in [0.25, 0.3) is 0 Å².